The highest BCUT2D eigenvalue weighted by atomic mass is 32.2. The van der Waals surface area contributed by atoms with Crippen molar-refractivity contribution in [1.82, 2.24) is 5.06 Å². The van der Waals surface area contributed by atoms with Crippen LogP contribution in [0, 0.1) is 0 Å². The van der Waals surface area contributed by atoms with E-state index in [1.165, 1.54) is 18.2 Å². The number of rotatable bonds is 8. The summed E-state index contributed by atoms with van der Waals surface area (Å²) >= 11 is 0. The van der Waals surface area contributed by atoms with E-state index in [-0.39, 0.29) is 10.8 Å². The fourth-order valence-electron chi connectivity index (χ4n) is 3.82. The fourth-order valence-corrected chi connectivity index (χ4v) is 4.69. The predicted octanol–water partition coefficient (Wildman–Crippen LogP) is 6.39. The lowest BCUT2D eigenvalue weighted by Gasteiger charge is -2.35. The number of carbonyl (C=O) groups excluding carboxylic acids is 2. The van der Waals surface area contributed by atoms with Crippen molar-refractivity contribution in [3.8, 4) is 0 Å². The van der Waals surface area contributed by atoms with Gasteiger partial charge < -0.3 is 0 Å². The molecule has 15 heteroatoms. The third-order valence-electron chi connectivity index (χ3n) is 5.96. The van der Waals surface area contributed by atoms with Crippen molar-refractivity contribution in [2.75, 3.05) is 0 Å². The highest BCUT2D eigenvalue weighted by Crippen LogP contribution is 2.54. The Balaban J connectivity index is 1.74. The number of hydrogen-bond acceptors (Lipinski definition) is 5. The number of alkyl halides is 8. The third-order valence-corrected chi connectivity index (χ3v) is 7.19. The molecule has 0 saturated carbocycles. The summed E-state index contributed by atoms with van der Waals surface area (Å²) in [6.45, 7) is -0.830. The van der Waals surface area contributed by atoms with E-state index in [2.05, 4.69) is 4.28 Å². The fraction of sp³-hybridized carbons (Fsp3) is 0.200. The quantitative estimate of drug-likeness (QED) is 0.172. The van der Waals surface area contributed by atoms with Crippen molar-refractivity contribution in [3.05, 3.63) is 82.9 Å². The number of nitrogens with zero attached hydrogens (tertiary/aromatic N) is 1. The number of benzene rings is 3. The van der Waals surface area contributed by atoms with E-state index in [9.17, 15) is 53.1 Å². The molecule has 3 aromatic rings. The number of imide groups is 1. The van der Waals surface area contributed by atoms with Gasteiger partial charge >= 0.3 is 33.1 Å². The maximum Gasteiger partial charge on any atom is 0.440 e. The maximum atomic E-state index is 14.3. The molecular weight excluding hydrogens is 578 g/mol. The van der Waals surface area contributed by atoms with Crippen LogP contribution in [-0.2, 0) is 14.4 Å². The Labute approximate surface area is 220 Å². The monoisotopic (exact) mass is 593 g/mol. The molecule has 6 nitrogen and oxygen atoms in total. The van der Waals surface area contributed by atoms with Crippen molar-refractivity contribution in [1.29, 1.82) is 0 Å². The van der Waals surface area contributed by atoms with Gasteiger partial charge in [-0.15, -0.1) is 9.35 Å². The first-order chi connectivity index (χ1) is 18.3. The van der Waals surface area contributed by atoms with Crippen LogP contribution in [0.1, 0.15) is 38.8 Å². The lowest BCUT2D eigenvalue weighted by atomic mass is 9.92. The van der Waals surface area contributed by atoms with Crippen molar-refractivity contribution in [3.63, 3.8) is 0 Å². The van der Waals surface area contributed by atoms with Crippen LogP contribution in [0.5, 0.6) is 0 Å². The molecule has 3 aromatic carbocycles. The lowest BCUT2D eigenvalue weighted by Crippen LogP contribution is -2.64. The summed E-state index contributed by atoms with van der Waals surface area (Å²) in [6, 6.07) is 15.1. The van der Waals surface area contributed by atoms with E-state index >= 15 is 0 Å². The molecule has 4 rings (SSSR count). The molecule has 0 fully saturated rings. The van der Waals surface area contributed by atoms with E-state index < -0.39 is 68.1 Å². The summed E-state index contributed by atoms with van der Waals surface area (Å²) in [6.07, 6.45) is 3.31. The summed E-state index contributed by atoms with van der Waals surface area (Å²) in [5.74, 6) is -23.4. The molecule has 212 valence electrons. The number of halogens is 8. The van der Waals surface area contributed by atoms with Gasteiger partial charge in [-0.05, 0) is 28.6 Å². The van der Waals surface area contributed by atoms with E-state index in [1.54, 1.807) is 42.5 Å². The second-order valence-electron chi connectivity index (χ2n) is 8.66. The average Bonchev–Trinajstić information content (AvgIpc) is 2.88. The first-order valence-corrected chi connectivity index (χ1v) is 12.4. The molecule has 0 atom stereocenters. The van der Waals surface area contributed by atoms with Crippen molar-refractivity contribution in [2.45, 2.75) is 29.9 Å². The summed E-state index contributed by atoms with van der Waals surface area (Å²) in [5.41, 5.74) is 0.264. The molecule has 1 aliphatic heterocycles. The second kappa shape index (κ2) is 9.37. The zero-order valence-corrected chi connectivity index (χ0v) is 20.7. The van der Waals surface area contributed by atoms with Crippen LogP contribution in [0.15, 0.2) is 60.7 Å². The van der Waals surface area contributed by atoms with Gasteiger partial charge in [0.25, 0.3) is 11.8 Å². The molecule has 0 saturated heterocycles. The minimum Gasteiger partial charge on any atom is -0.266 e. The van der Waals surface area contributed by atoms with Crippen LogP contribution in [0.25, 0.3) is 22.9 Å². The zero-order chi connectivity index (χ0) is 29.9. The summed E-state index contributed by atoms with van der Waals surface area (Å²) in [5, 5.41) is -7.66. The molecule has 0 radical (unpaired) electrons. The molecule has 40 heavy (non-hydrogen) atoms. The molecule has 1 heterocycles. The normalized spacial score (nSPS) is 15.4. The Morgan fingerprint density at radius 2 is 1.30 bits per heavy atom. The van der Waals surface area contributed by atoms with Gasteiger partial charge in [-0.1, -0.05) is 60.7 Å². The van der Waals surface area contributed by atoms with Gasteiger partial charge in [-0.2, -0.15) is 43.5 Å². The third kappa shape index (κ3) is 4.33. The largest absolute Gasteiger partial charge is 0.440 e. The van der Waals surface area contributed by atoms with Gasteiger partial charge in [0.15, 0.2) is 0 Å². The van der Waals surface area contributed by atoms with E-state index in [0.29, 0.717) is 5.56 Å². The van der Waals surface area contributed by atoms with E-state index in [1.807, 2.05) is 0 Å². The molecule has 0 unspecified atom stereocenters. The van der Waals surface area contributed by atoms with Gasteiger partial charge in [0.2, 0.25) is 0 Å². The molecule has 0 aliphatic carbocycles. The molecule has 0 N–H and O–H groups in total. The van der Waals surface area contributed by atoms with Crippen molar-refractivity contribution in [2.24, 2.45) is 0 Å². The first-order valence-electron chi connectivity index (χ1n) is 11.0. The van der Waals surface area contributed by atoms with Gasteiger partial charge in [0, 0.05) is 12.3 Å². The second-order valence-corrected chi connectivity index (χ2v) is 10.2. The zero-order valence-electron chi connectivity index (χ0n) is 19.8. The number of carbonyl (C=O) groups is 2. The van der Waals surface area contributed by atoms with Gasteiger partial charge in [0.1, 0.15) is 0 Å². The Morgan fingerprint density at radius 3 is 1.88 bits per heavy atom. The van der Waals surface area contributed by atoms with Crippen LogP contribution < -0.4 is 0 Å². The summed E-state index contributed by atoms with van der Waals surface area (Å²) < 4.78 is 138. The van der Waals surface area contributed by atoms with Crippen LogP contribution >= 0.6 is 0 Å². The summed E-state index contributed by atoms with van der Waals surface area (Å²) in [4.78, 5) is 25.8. The van der Waals surface area contributed by atoms with Gasteiger partial charge in [-0.25, -0.2) is 0 Å². The van der Waals surface area contributed by atoms with Crippen LogP contribution in [0.4, 0.5) is 35.1 Å². The highest BCUT2D eigenvalue weighted by molar-refractivity contribution is 7.87. The minimum absolute atomic E-state index is 0.0702. The SMILES string of the molecule is CC(F)(F)C(F)(F)C(F)(F)C(F)(F)S(=O)(=O)ON1C(=O)c2cccc3c(/C=C/c4ccccc4)ccc(c23)C1=O. The number of hydrogen-bond donors (Lipinski definition) is 0. The van der Waals surface area contributed by atoms with Crippen LogP contribution in [0.2, 0.25) is 0 Å². The summed E-state index contributed by atoms with van der Waals surface area (Å²) in [7, 11) is -7.37. The average molecular weight is 593 g/mol. The van der Waals surface area contributed by atoms with E-state index in [0.717, 1.165) is 17.7 Å². The standard InChI is InChI=1S/C25H15F8NO5S/c1-22(26,27)23(28,29)24(30,31)25(32,33)40(37,38)39-34-20(35)17-9-5-8-16-15(11-10-14-6-3-2-4-7-14)12-13-18(19(16)17)21(34)36/h2-13H,1H3/b11-10+. The molecule has 1 aliphatic rings. The molecular formula is C25H15F8NO5S. The Morgan fingerprint density at radius 1 is 0.725 bits per heavy atom. The Bertz CT molecular complexity index is 1630. The number of amides is 2. The van der Waals surface area contributed by atoms with Gasteiger partial charge in [0.05, 0.1) is 11.1 Å². The Hall–Kier alpha value is -3.85. The smallest absolute Gasteiger partial charge is 0.266 e. The van der Waals surface area contributed by atoms with E-state index in [4.69, 9.17) is 0 Å². The molecule has 0 spiro atoms. The van der Waals surface area contributed by atoms with Crippen LogP contribution in [-0.4, -0.2) is 48.3 Å². The molecule has 0 bridgehead atoms. The highest BCUT2D eigenvalue weighted by Gasteiger charge is 2.84. The van der Waals surface area contributed by atoms with Crippen molar-refractivity contribution < 1.29 is 57.4 Å². The Kier molecular flexibility index (Phi) is 6.82. The lowest BCUT2D eigenvalue weighted by molar-refractivity contribution is -0.344. The van der Waals surface area contributed by atoms with Gasteiger partial charge in [-0.3, -0.25) is 9.59 Å². The number of hydroxylamine groups is 2. The topological polar surface area (TPSA) is 80.8 Å². The van der Waals surface area contributed by atoms with Crippen LogP contribution in [0.3, 0.4) is 0 Å². The predicted molar refractivity (Wildman–Crippen MR) is 125 cm³/mol. The molecule has 2 amide bonds. The minimum atomic E-state index is -7.37. The van der Waals surface area contributed by atoms with Crippen molar-refractivity contribution >= 4 is 44.9 Å². The first kappa shape index (κ1) is 29.1. The maximum absolute atomic E-state index is 14.3. The molecule has 0 aromatic heterocycles.